The summed E-state index contributed by atoms with van der Waals surface area (Å²) in [4.78, 5) is 69.0. The molecule has 212 valence electrons. The maximum Gasteiger partial charge on any atom is 0.235 e. The molecule has 0 saturated heterocycles. The highest BCUT2D eigenvalue weighted by atomic mass is 19.1. The van der Waals surface area contributed by atoms with Crippen LogP contribution in [0, 0.1) is 40.2 Å². The van der Waals surface area contributed by atoms with Gasteiger partial charge in [-0.15, -0.1) is 0 Å². The van der Waals surface area contributed by atoms with Crippen LogP contribution in [0.2, 0.25) is 0 Å². The van der Waals surface area contributed by atoms with Crippen molar-refractivity contribution in [2.75, 3.05) is 14.1 Å². The highest BCUT2D eigenvalue weighted by Crippen LogP contribution is 2.57. The van der Waals surface area contributed by atoms with Crippen molar-refractivity contribution < 1.29 is 37.9 Å². The van der Waals surface area contributed by atoms with Gasteiger partial charge in [0.05, 0.1) is 23.2 Å². The van der Waals surface area contributed by atoms with Crippen LogP contribution in [0.5, 0.6) is 5.75 Å². The number of amides is 1. The first kappa shape index (κ1) is 28.2. The van der Waals surface area contributed by atoms with E-state index in [9.17, 15) is 43.1 Å². The number of aromatic hydroxyl groups is 1. The number of phenolic OH excluding ortho intramolecular Hbond substituents is 1. The van der Waals surface area contributed by atoms with Crippen LogP contribution >= 0.6 is 0 Å². The van der Waals surface area contributed by atoms with E-state index in [1.165, 1.54) is 25.1 Å². The van der Waals surface area contributed by atoms with Gasteiger partial charge in [-0.2, -0.15) is 5.26 Å². The number of nitrogens with zero attached hydrogens (tertiary/aromatic N) is 2. The predicted molar refractivity (Wildman–Crippen MR) is 137 cm³/mol. The number of carbonyl (C=O) groups excluding carboxylic acids is 5. The molecular formula is C28H25F2N5O6. The van der Waals surface area contributed by atoms with E-state index in [-0.39, 0.29) is 23.1 Å². The Morgan fingerprint density at radius 1 is 1.07 bits per heavy atom. The number of carbonyl (C=O) groups is 5. The smallest absolute Gasteiger partial charge is 0.235 e. The van der Waals surface area contributed by atoms with E-state index in [1.807, 2.05) is 0 Å². The molecule has 0 spiro atoms. The van der Waals surface area contributed by atoms with Crippen LogP contribution < -0.4 is 17.2 Å². The van der Waals surface area contributed by atoms with Crippen molar-refractivity contribution in [1.82, 2.24) is 4.90 Å². The van der Waals surface area contributed by atoms with Crippen LogP contribution in [-0.4, -0.2) is 70.3 Å². The molecule has 0 heterocycles. The Morgan fingerprint density at radius 3 is 2.27 bits per heavy atom. The fourth-order valence-electron chi connectivity index (χ4n) is 7.17. The Kier molecular flexibility index (Phi) is 6.05. The highest BCUT2D eigenvalue weighted by Gasteiger charge is 2.78. The third-order valence-electron chi connectivity index (χ3n) is 8.70. The number of fused-ring (bicyclic) bond motifs is 3. The number of nitrogens with two attached hydrogens (primary N) is 3. The SMILES string of the molecule is CN(C)[C@@H]1C(=O)C(C(N)=O)C(=O)[C@@]2(C#N)C(=O)C3C(=O)c4c(O)ccc(-c5ccc(F)cc5F)c4C[C@@]3(N)C[C@@]12N. The molecule has 2 aromatic carbocycles. The predicted octanol–water partition coefficient (Wildman–Crippen LogP) is -0.246. The number of nitriles is 1. The molecule has 13 heteroatoms. The van der Waals surface area contributed by atoms with Crippen molar-refractivity contribution in [3.63, 3.8) is 0 Å². The molecule has 2 aromatic rings. The number of hydrogen-bond acceptors (Lipinski definition) is 10. The van der Waals surface area contributed by atoms with E-state index in [2.05, 4.69) is 0 Å². The van der Waals surface area contributed by atoms with E-state index in [4.69, 9.17) is 17.2 Å². The van der Waals surface area contributed by atoms with Crippen LogP contribution in [0.15, 0.2) is 30.3 Å². The molecule has 0 bridgehead atoms. The lowest BCUT2D eigenvalue weighted by atomic mass is 9.42. The first-order valence-electron chi connectivity index (χ1n) is 12.5. The Balaban J connectivity index is 1.79. The molecule has 3 aliphatic rings. The number of benzene rings is 2. The van der Waals surface area contributed by atoms with Gasteiger partial charge in [0.2, 0.25) is 5.91 Å². The third-order valence-corrected chi connectivity index (χ3v) is 8.70. The molecule has 11 nitrogen and oxygen atoms in total. The Morgan fingerprint density at radius 2 is 1.71 bits per heavy atom. The number of hydrogen-bond donors (Lipinski definition) is 4. The first-order chi connectivity index (χ1) is 19.1. The summed E-state index contributed by atoms with van der Waals surface area (Å²) in [5.41, 5.74) is 11.4. The molecule has 1 amide bonds. The zero-order valence-corrected chi connectivity index (χ0v) is 21.9. The molecule has 0 aromatic heterocycles. The molecule has 7 N–H and O–H groups in total. The zero-order valence-electron chi connectivity index (χ0n) is 21.9. The number of phenols is 1. The normalized spacial score (nSPS) is 32.7. The largest absolute Gasteiger partial charge is 0.507 e. The molecule has 0 radical (unpaired) electrons. The number of likely N-dealkylation sites (N-methyl/N-ethyl adjacent to an activating group) is 1. The van der Waals surface area contributed by atoms with Crippen LogP contribution in [0.4, 0.5) is 8.78 Å². The molecule has 3 aliphatic carbocycles. The van der Waals surface area contributed by atoms with E-state index >= 15 is 0 Å². The Labute approximate surface area is 231 Å². The molecule has 5 rings (SSSR count). The zero-order chi connectivity index (χ0) is 30.4. The summed E-state index contributed by atoms with van der Waals surface area (Å²) in [7, 11) is 2.78. The van der Waals surface area contributed by atoms with Gasteiger partial charge in [0.15, 0.2) is 34.5 Å². The average molecular weight is 566 g/mol. The van der Waals surface area contributed by atoms with Crippen molar-refractivity contribution in [3.8, 4) is 22.9 Å². The second kappa shape index (κ2) is 8.81. The summed E-state index contributed by atoms with van der Waals surface area (Å²) < 4.78 is 28.5. The summed E-state index contributed by atoms with van der Waals surface area (Å²) in [6.45, 7) is 0. The van der Waals surface area contributed by atoms with Crippen LogP contribution in [0.1, 0.15) is 22.3 Å². The van der Waals surface area contributed by atoms with Gasteiger partial charge in [0.1, 0.15) is 23.3 Å². The van der Waals surface area contributed by atoms with Crippen molar-refractivity contribution >= 4 is 29.0 Å². The number of ketones is 4. The maximum atomic E-state index is 14.9. The van der Waals surface area contributed by atoms with Crippen LogP contribution in [-0.2, 0) is 25.6 Å². The molecule has 2 unspecified atom stereocenters. The first-order valence-corrected chi connectivity index (χ1v) is 12.5. The summed E-state index contributed by atoms with van der Waals surface area (Å²) in [6, 6.07) is 5.24. The second-order valence-corrected chi connectivity index (χ2v) is 11.2. The lowest BCUT2D eigenvalue weighted by Crippen LogP contribution is -2.85. The number of Topliss-reactive ketones (excluding diaryl/α,β-unsaturated/α-hetero) is 4. The minimum Gasteiger partial charge on any atom is -0.507 e. The monoisotopic (exact) mass is 565 g/mol. The Hall–Kier alpha value is -4.38. The average Bonchev–Trinajstić information content (AvgIpc) is 2.83. The summed E-state index contributed by atoms with van der Waals surface area (Å²) in [5.74, 6) is -12.7. The van der Waals surface area contributed by atoms with Gasteiger partial charge in [-0.3, -0.25) is 28.9 Å². The van der Waals surface area contributed by atoms with Crippen molar-refractivity contribution in [2.24, 2.45) is 34.5 Å². The van der Waals surface area contributed by atoms with Crippen LogP contribution in [0.3, 0.4) is 0 Å². The molecule has 0 aliphatic heterocycles. The fraction of sp³-hybridized carbons (Fsp3) is 0.357. The van der Waals surface area contributed by atoms with E-state index in [1.54, 1.807) is 6.07 Å². The van der Waals surface area contributed by atoms with Gasteiger partial charge in [-0.1, -0.05) is 6.07 Å². The van der Waals surface area contributed by atoms with Gasteiger partial charge in [-0.25, -0.2) is 8.78 Å². The quantitative estimate of drug-likeness (QED) is 0.359. The van der Waals surface area contributed by atoms with Crippen molar-refractivity contribution in [2.45, 2.75) is 30.0 Å². The highest BCUT2D eigenvalue weighted by molar-refractivity contribution is 6.33. The topological polar surface area (TPSA) is 211 Å². The number of halogens is 2. The summed E-state index contributed by atoms with van der Waals surface area (Å²) in [5, 5.41) is 21.1. The standard InChI is InChI=1S/C28H25F2N5O6/c1-35(2)22-21(38)18(25(32)41)23(39)27(10-31)24(40)19-20(37)17-14(8-26(19,33)9-28(22,27)34)12(5-6-16(17)36)13-4-3-11(29)7-15(13)30/h3-7,18-19,22,36H,8-9,33-34H2,1-2H3,(H2,32,41)/t18?,19?,22-,26-,27+,28-/m1/s1. The van der Waals surface area contributed by atoms with Crippen LogP contribution in [0.25, 0.3) is 11.1 Å². The minimum atomic E-state index is -2.87. The van der Waals surface area contributed by atoms with E-state index in [0.29, 0.717) is 6.07 Å². The summed E-state index contributed by atoms with van der Waals surface area (Å²) in [6.07, 6.45) is -0.991. The number of rotatable bonds is 3. The molecule has 6 atom stereocenters. The lowest BCUT2D eigenvalue weighted by molar-refractivity contribution is -0.166. The molecule has 41 heavy (non-hydrogen) atoms. The number of primary amides is 1. The lowest BCUT2D eigenvalue weighted by Gasteiger charge is -2.60. The van der Waals surface area contributed by atoms with Gasteiger partial charge in [0, 0.05) is 17.2 Å². The van der Waals surface area contributed by atoms with E-state index < -0.39 is 92.8 Å². The van der Waals surface area contributed by atoms with Gasteiger partial charge >= 0.3 is 0 Å². The second-order valence-electron chi connectivity index (χ2n) is 11.2. The molecular weight excluding hydrogens is 540 g/mol. The molecule has 2 fully saturated rings. The summed E-state index contributed by atoms with van der Waals surface area (Å²) >= 11 is 0. The fourth-order valence-corrected chi connectivity index (χ4v) is 7.17. The van der Waals surface area contributed by atoms with E-state index in [0.717, 1.165) is 18.2 Å². The maximum absolute atomic E-state index is 14.9. The third kappa shape index (κ3) is 3.41. The van der Waals surface area contributed by atoms with Gasteiger partial charge < -0.3 is 22.3 Å². The molecule has 2 saturated carbocycles. The Bertz CT molecular complexity index is 1650. The minimum absolute atomic E-state index is 0.0324. The van der Waals surface area contributed by atoms with Gasteiger partial charge in [0.25, 0.3) is 0 Å². The van der Waals surface area contributed by atoms with Crippen molar-refractivity contribution in [3.05, 3.63) is 53.1 Å². The van der Waals surface area contributed by atoms with Gasteiger partial charge in [-0.05, 0) is 56.3 Å². The van der Waals surface area contributed by atoms with Crippen molar-refractivity contribution in [1.29, 1.82) is 5.26 Å².